The third-order valence-electron chi connectivity index (χ3n) is 6.93. The van der Waals surface area contributed by atoms with Crippen LogP contribution in [0.1, 0.15) is 150 Å². The van der Waals surface area contributed by atoms with Crippen molar-refractivity contribution in [1.29, 1.82) is 0 Å². The number of carboxylic acid groups (broad SMARTS) is 1. The first-order valence-electron chi connectivity index (χ1n) is 14.6. The normalized spacial score (nSPS) is 11.7. The van der Waals surface area contributed by atoms with E-state index in [1.54, 1.807) is 50.3 Å². The summed E-state index contributed by atoms with van der Waals surface area (Å²) in [6, 6.07) is 0. The predicted octanol–water partition coefficient (Wildman–Crippen LogP) is 9.50. The minimum atomic E-state index is -0.995. The summed E-state index contributed by atoms with van der Waals surface area (Å²) in [5.74, 6) is -0.993. The molecule has 0 saturated heterocycles. The van der Waals surface area contributed by atoms with Crippen LogP contribution in [-0.4, -0.2) is 41.5 Å². The molecule has 0 radical (unpaired) electrons. The summed E-state index contributed by atoms with van der Waals surface area (Å²) in [5, 5.41) is 8.01. The van der Waals surface area contributed by atoms with Crippen LogP contribution in [0.15, 0.2) is 0 Å². The van der Waals surface area contributed by atoms with Crippen LogP contribution in [0.25, 0.3) is 0 Å². The van der Waals surface area contributed by atoms with Gasteiger partial charge in [0.1, 0.15) is 5.78 Å². The Morgan fingerprint density at radius 2 is 0.818 bits per heavy atom. The van der Waals surface area contributed by atoms with Crippen LogP contribution in [0.5, 0.6) is 0 Å². The fourth-order valence-corrected chi connectivity index (χ4v) is 10.2. The van der Waals surface area contributed by atoms with Gasteiger partial charge in [-0.3, -0.25) is 4.79 Å². The van der Waals surface area contributed by atoms with Crippen molar-refractivity contribution in [3.05, 3.63) is 0 Å². The number of carboxylic acids is 1. The predicted molar refractivity (Wildman–Crippen MR) is 152 cm³/mol. The Morgan fingerprint density at radius 3 is 1.00 bits per heavy atom. The Labute approximate surface area is 208 Å². The van der Waals surface area contributed by atoms with Crippen LogP contribution >= 0.6 is 7.26 Å². The molecule has 4 heteroatoms. The van der Waals surface area contributed by atoms with Gasteiger partial charge in [-0.2, -0.15) is 0 Å². The van der Waals surface area contributed by atoms with Crippen molar-refractivity contribution in [3.63, 3.8) is 0 Å². The maximum absolute atomic E-state index is 10.1. The number of unbranched alkanes of at least 4 members (excludes halogenated alkanes) is 12. The third-order valence-corrected chi connectivity index (χ3v) is 12.6. The number of rotatable bonds is 23. The summed E-state index contributed by atoms with van der Waals surface area (Å²) in [5.41, 5.74) is 0. The number of carbonyl (C=O) groups excluding carboxylic acids is 1. The van der Waals surface area contributed by atoms with E-state index in [9.17, 15) is 9.59 Å². The molecule has 0 aromatic rings. The molecule has 33 heavy (non-hydrogen) atoms. The third kappa shape index (κ3) is 26.0. The summed E-state index contributed by atoms with van der Waals surface area (Å²) in [6.07, 6.45) is 30.4. The van der Waals surface area contributed by atoms with E-state index >= 15 is 0 Å². The van der Waals surface area contributed by atoms with Gasteiger partial charge in [-0.15, -0.1) is 0 Å². The van der Waals surface area contributed by atoms with Gasteiger partial charge in [0.25, 0.3) is 0 Å². The summed E-state index contributed by atoms with van der Waals surface area (Å²) >= 11 is 0. The van der Waals surface area contributed by atoms with E-state index in [2.05, 4.69) is 27.7 Å². The van der Waals surface area contributed by atoms with Crippen molar-refractivity contribution in [2.75, 3.05) is 24.6 Å². The van der Waals surface area contributed by atoms with Gasteiger partial charge < -0.3 is 9.90 Å². The summed E-state index contributed by atoms with van der Waals surface area (Å²) in [6.45, 7) is 10.8. The van der Waals surface area contributed by atoms with Gasteiger partial charge in [0.2, 0.25) is 0 Å². The van der Waals surface area contributed by atoms with Gasteiger partial charge in [-0.1, -0.05) is 0 Å². The summed E-state index contributed by atoms with van der Waals surface area (Å²) < 4.78 is 0. The van der Waals surface area contributed by atoms with E-state index < -0.39 is 13.2 Å². The van der Waals surface area contributed by atoms with Gasteiger partial charge in [0.05, 0.1) is 6.42 Å². The molecule has 0 aromatic heterocycles. The summed E-state index contributed by atoms with van der Waals surface area (Å²) in [7, 11) is -0.995. The average Bonchev–Trinajstić information content (AvgIpc) is 2.79. The SMILES string of the molecule is CC(=O)CCC(=O)O.CCCCCC[PH](CCCCCC)(CCCCCC)CCCCCC. The molecule has 0 aliphatic rings. The Morgan fingerprint density at radius 1 is 0.515 bits per heavy atom. The summed E-state index contributed by atoms with van der Waals surface area (Å²) in [4.78, 5) is 19.8. The zero-order valence-corrected chi connectivity index (χ0v) is 24.3. The Bertz CT molecular complexity index is 369. The van der Waals surface area contributed by atoms with Gasteiger partial charge in [-0.25, -0.2) is 0 Å². The van der Waals surface area contributed by atoms with Crippen LogP contribution in [0.4, 0.5) is 0 Å². The molecule has 0 rings (SSSR count). The van der Waals surface area contributed by atoms with Crippen molar-refractivity contribution in [1.82, 2.24) is 0 Å². The maximum atomic E-state index is 10.1. The van der Waals surface area contributed by atoms with E-state index in [4.69, 9.17) is 5.11 Å². The molecule has 0 bridgehead atoms. The second kappa shape index (κ2) is 26.2. The zero-order valence-electron chi connectivity index (χ0n) is 23.3. The van der Waals surface area contributed by atoms with Crippen molar-refractivity contribution >= 4 is 19.0 Å². The van der Waals surface area contributed by atoms with Crippen molar-refractivity contribution in [2.24, 2.45) is 0 Å². The molecule has 0 saturated carbocycles. The second-order valence-corrected chi connectivity index (χ2v) is 15.3. The van der Waals surface area contributed by atoms with E-state index in [1.165, 1.54) is 84.0 Å². The molecule has 0 amide bonds. The van der Waals surface area contributed by atoms with Gasteiger partial charge in [-0.05, 0) is 6.92 Å². The minimum absolute atomic E-state index is 0.0463. The van der Waals surface area contributed by atoms with Crippen LogP contribution in [0, 0.1) is 0 Å². The van der Waals surface area contributed by atoms with Crippen molar-refractivity contribution in [3.8, 4) is 0 Å². The number of Topliss-reactive ketones (excluding diaryl/α,β-unsaturated/α-hetero) is 1. The fourth-order valence-electron chi connectivity index (χ4n) is 4.74. The van der Waals surface area contributed by atoms with E-state index in [0.29, 0.717) is 0 Å². The standard InChI is InChI=1S/C24H53P.C5H8O3/c1-5-9-13-17-21-25(22-18-14-10-6-2,23-19-15-11-7-3)24-20-16-12-8-4;1-4(6)2-3-5(7)8/h25H,5-24H2,1-4H3;2-3H2,1H3,(H,7,8). The first kappa shape index (κ1) is 34.7. The van der Waals surface area contributed by atoms with Gasteiger partial charge in [0, 0.05) is 6.42 Å². The number of hydrogen-bond acceptors (Lipinski definition) is 2. The Hall–Kier alpha value is -0.430. The first-order valence-corrected chi connectivity index (χ1v) is 17.4. The zero-order chi connectivity index (χ0) is 25.2. The number of aliphatic carboxylic acids is 1. The molecule has 1 N–H and O–H groups in total. The molecular formula is C29H61O3P. The molecule has 0 aliphatic heterocycles. The van der Waals surface area contributed by atoms with Crippen LogP contribution in [0.2, 0.25) is 0 Å². The molecule has 0 aromatic carbocycles. The van der Waals surface area contributed by atoms with Crippen LogP contribution < -0.4 is 0 Å². The topological polar surface area (TPSA) is 54.4 Å². The van der Waals surface area contributed by atoms with E-state index in [0.717, 1.165) is 0 Å². The molecular weight excluding hydrogens is 427 g/mol. The quantitative estimate of drug-likeness (QED) is 0.115. The second-order valence-electron chi connectivity index (χ2n) is 10.3. The number of carbonyl (C=O) groups is 2. The monoisotopic (exact) mass is 488 g/mol. The molecule has 0 aliphatic carbocycles. The molecule has 0 fully saturated rings. The van der Waals surface area contributed by atoms with E-state index in [1.807, 2.05) is 0 Å². The molecule has 0 atom stereocenters. The van der Waals surface area contributed by atoms with Crippen LogP contribution in [-0.2, 0) is 9.59 Å². The van der Waals surface area contributed by atoms with Crippen LogP contribution in [0.3, 0.4) is 0 Å². The Balaban J connectivity index is 0. The Kier molecular flexibility index (Phi) is 27.6. The first-order chi connectivity index (χ1) is 15.9. The van der Waals surface area contributed by atoms with Crippen molar-refractivity contribution < 1.29 is 14.7 Å². The molecule has 0 spiro atoms. The average molecular weight is 489 g/mol. The molecule has 3 nitrogen and oxygen atoms in total. The number of hydrogen-bond donors (Lipinski definition) is 1. The van der Waals surface area contributed by atoms with Crippen molar-refractivity contribution in [2.45, 2.75) is 150 Å². The van der Waals surface area contributed by atoms with Gasteiger partial charge in [0.15, 0.2) is 0 Å². The molecule has 200 valence electrons. The molecule has 0 unspecified atom stereocenters. The van der Waals surface area contributed by atoms with Gasteiger partial charge >= 0.3 is 168 Å². The number of ketones is 1. The van der Waals surface area contributed by atoms with E-state index in [-0.39, 0.29) is 18.6 Å². The fraction of sp³-hybridized carbons (Fsp3) is 0.931. The molecule has 0 heterocycles.